The highest BCUT2D eigenvalue weighted by molar-refractivity contribution is 7.80. The number of nitrogens with one attached hydrogen (secondary N) is 3. The van der Waals surface area contributed by atoms with E-state index >= 15 is 0 Å². The van der Waals surface area contributed by atoms with Gasteiger partial charge in [0.15, 0.2) is 5.11 Å². The summed E-state index contributed by atoms with van der Waals surface area (Å²) in [6.07, 6.45) is 0. The summed E-state index contributed by atoms with van der Waals surface area (Å²) in [5.41, 5.74) is 5.43. The first kappa shape index (κ1) is 13.8. The molecule has 1 saturated heterocycles. The van der Waals surface area contributed by atoms with Crippen LogP contribution in [0.15, 0.2) is 29.1 Å². The van der Waals surface area contributed by atoms with Gasteiger partial charge in [0.05, 0.1) is 5.52 Å². The molecule has 4 N–H and O–H groups in total. The monoisotopic (exact) mass is 304 g/mol. The van der Waals surface area contributed by atoms with Crippen molar-refractivity contribution in [3.05, 3.63) is 40.2 Å². The molecule has 1 aliphatic rings. The Morgan fingerprint density at radius 1 is 1.38 bits per heavy atom. The van der Waals surface area contributed by atoms with Crippen LogP contribution in [-0.2, 0) is 12.2 Å². The zero-order chi connectivity index (χ0) is 15.2. The van der Waals surface area contributed by atoms with Gasteiger partial charge in [0.1, 0.15) is 17.0 Å². The number of para-hydroxylation sites is 1. The van der Waals surface area contributed by atoms with Crippen LogP contribution in [0.3, 0.4) is 0 Å². The molecule has 1 aromatic carbocycles. The van der Waals surface area contributed by atoms with Crippen LogP contribution in [0.2, 0.25) is 0 Å². The molecule has 0 bridgehead atoms. The SMILES string of the molecule is CCn1c(=O)c([C@@]2(C)NNC(=S)N2)c(O)c2ccccc21. The molecule has 2 heterocycles. The molecule has 1 atom stereocenters. The van der Waals surface area contributed by atoms with Crippen molar-refractivity contribution in [3.63, 3.8) is 0 Å². The summed E-state index contributed by atoms with van der Waals surface area (Å²) >= 11 is 5.04. The van der Waals surface area contributed by atoms with Gasteiger partial charge in [0, 0.05) is 11.9 Å². The van der Waals surface area contributed by atoms with E-state index in [1.165, 1.54) is 0 Å². The predicted octanol–water partition coefficient (Wildman–Crippen LogP) is 0.882. The number of aromatic nitrogens is 1. The molecule has 0 unspecified atom stereocenters. The number of hydrogen-bond donors (Lipinski definition) is 4. The number of hydrogen-bond acceptors (Lipinski definition) is 4. The smallest absolute Gasteiger partial charge is 0.261 e. The lowest BCUT2D eigenvalue weighted by Gasteiger charge is -2.26. The highest BCUT2D eigenvalue weighted by Crippen LogP contribution is 2.32. The fraction of sp³-hybridized carbons (Fsp3) is 0.286. The minimum Gasteiger partial charge on any atom is -0.507 e. The fourth-order valence-corrected chi connectivity index (χ4v) is 3.01. The summed E-state index contributed by atoms with van der Waals surface area (Å²) in [5.74, 6) is -0.0331. The summed E-state index contributed by atoms with van der Waals surface area (Å²) in [5, 5.41) is 14.6. The molecule has 3 rings (SSSR count). The minimum atomic E-state index is -0.959. The number of benzene rings is 1. The molecule has 1 aromatic heterocycles. The maximum atomic E-state index is 12.8. The summed E-state index contributed by atoms with van der Waals surface area (Å²) in [6.45, 7) is 4.17. The molecular formula is C14H16N4O2S. The van der Waals surface area contributed by atoms with Crippen molar-refractivity contribution in [1.29, 1.82) is 0 Å². The standard InChI is InChI=1S/C14H16N4O2S/c1-3-18-9-7-5-4-6-8(9)11(19)10(12(18)20)14(2)15-13(21)16-17-14/h4-7,17,19H,3H2,1-2H3,(H2,15,16,21)/t14-/m1/s1. The molecule has 0 radical (unpaired) electrons. The van der Waals surface area contributed by atoms with Crippen molar-refractivity contribution in [1.82, 2.24) is 20.7 Å². The van der Waals surface area contributed by atoms with Crippen molar-refractivity contribution < 1.29 is 5.11 Å². The van der Waals surface area contributed by atoms with Crippen LogP contribution < -0.4 is 21.7 Å². The number of pyridine rings is 1. The number of nitrogens with zero attached hydrogens (tertiary/aromatic N) is 1. The number of thiocarbonyl (C=S) groups is 1. The highest BCUT2D eigenvalue weighted by atomic mass is 32.1. The van der Waals surface area contributed by atoms with E-state index in [0.29, 0.717) is 22.6 Å². The van der Waals surface area contributed by atoms with Crippen molar-refractivity contribution in [3.8, 4) is 5.75 Å². The van der Waals surface area contributed by atoms with E-state index < -0.39 is 5.66 Å². The number of rotatable bonds is 2. The zero-order valence-electron chi connectivity index (χ0n) is 11.7. The number of aryl methyl sites for hydroxylation is 1. The van der Waals surface area contributed by atoms with Crippen LogP contribution in [0.4, 0.5) is 0 Å². The van der Waals surface area contributed by atoms with Gasteiger partial charge in [-0.15, -0.1) is 0 Å². The van der Waals surface area contributed by atoms with E-state index in [-0.39, 0.29) is 16.9 Å². The van der Waals surface area contributed by atoms with Crippen LogP contribution in [0.1, 0.15) is 19.4 Å². The second kappa shape index (κ2) is 4.71. The van der Waals surface area contributed by atoms with Crippen LogP contribution in [-0.4, -0.2) is 14.8 Å². The molecular weight excluding hydrogens is 288 g/mol. The average Bonchev–Trinajstić information content (AvgIpc) is 2.80. The van der Waals surface area contributed by atoms with Gasteiger partial charge in [0.25, 0.3) is 5.56 Å². The first-order valence-electron chi connectivity index (χ1n) is 6.68. The third-order valence-electron chi connectivity index (χ3n) is 3.75. The van der Waals surface area contributed by atoms with E-state index in [1.807, 2.05) is 25.1 Å². The van der Waals surface area contributed by atoms with Crippen molar-refractivity contribution >= 4 is 28.2 Å². The van der Waals surface area contributed by atoms with Gasteiger partial charge < -0.3 is 15.0 Å². The normalized spacial score (nSPS) is 21.3. The number of hydrazine groups is 1. The molecule has 7 heteroatoms. The van der Waals surface area contributed by atoms with Gasteiger partial charge in [-0.05, 0) is 38.2 Å². The third-order valence-corrected chi connectivity index (χ3v) is 3.96. The number of aromatic hydroxyl groups is 1. The molecule has 2 aromatic rings. The lowest BCUT2D eigenvalue weighted by molar-refractivity contribution is 0.345. The third kappa shape index (κ3) is 1.97. The van der Waals surface area contributed by atoms with Gasteiger partial charge in [-0.3, -0.25) is 10.2 Å². The Morgan fingerprint density at radius 2 is 2.10 bits per heavy atom. The van der Waals surface area contributed by atoms with Crippen LogP contribution in [0, 0.1) is 0 Å². The van der Waals surface area contributed by atoms with Gasteiger partial charge in [-0.2, -0.15) is 0 Å². The second-order valence-corrected chi connectivity index (χ2v) is 5.53. The summed E-state index contributed by atoms with van der Waals surface area (Å²) < 4.78 is 1.64. The Kier molecular flexibility index (Phi) is 3.11. The Bertz CT molecular complexity index is 801. The van der Waals surface area contributed by atoms with Crippen molar-refractivity contribution in [2.75, 3.05) is 0 Å². The predicted molar refractivity (Wildman–Crippen MR) is 84.9 cm³/mol. The fourth-order valence-electron chi connectivity index (χ4n) is 2.75. The van der Waals surface area contributed by atoms with Gasteiger partial charge >= 0.3 is 0 Å². The molecule has 0 spiro atoms. The maximum Gasteiger partial charge on any atom is 0.261 e. The van der Waals surface area contributed by atoms with E-state index in [1.54, 1.807) is 17.6 Å². The Hall–Kier alpha value is -2.12. The molecule has 110 valence electrons. The van der Waals surface area contributed by atoms with E-state index in [0.717, 1.165) is 0 Å². The van der Waals surface area contributed by atoms with Crippen molar-refractivity contribution in [2.45, 2.75) is 26.1 Å². The Morgan fingerprint density at radius 3 is 2.71 bits per heavy atom. The minimum absolute atomic E-state index is 0.0331. The number of fused-ring (bicyclic) bond motifs is 1. The van der Waals surface area contributed by atoms with Crippen LogP contribution in [0.5, 0.6) is 5.75 Å². The second-order valence-electron chi connectivity index (χ2n) is 5.12. The quantitative estimate of drug-likeness (QED) is 0.617. The zero-order valence-corrected chi connectivity index (χ0v) is 12.5. The highest BCUT2D eigenvalue weighted by Gasteiger charge is 2.38. The molecule has 1 aliphatic heterocycles. The molecule has 0 aliphatic carbocycles. The van der Waals surface area contributed by atoms with Gasteiger partial charge in [0.2, 0.25) is 0 Å². The van der Waals surface area contributed by atoms with Crippen LogP contribution in [0.25, 0.3) is 10.9 Å². The average molecular weight is 304 g/mol. The Labute approximate surface area is 126 Å². The van der Waals surface area contributed by atoms with E-state index in [4.69, 9.17) is 12.2 Å². The molecule has 0 amide bonds. The largest absolute Gasteiger partial charge is 0.507 e. The van der Waals surface area contributed by atoms with Crippen molar-refractivity contribution in [2.24, 2.45) is 0 Å². The lowest BCUT2D eigenvalue weighted by Crippen LogP contribution is -2.49. The molecule has 21 heavy (non-hydrogen) atoms. The molecule has 6 nitrogen and oxygen atoms in total. The topological polar surface area (TPSA) is 78.3 Å². The Balaban J connectivity index is 2.38. The summed E-state index contributed by atoms with van der Waals surface area (Å²) in [6, 6.07) is 7.29. The summed E-state index contributed by atoms with van der Waals surface area (Å²) in [4.78, 5) is 12.8. The van der Waals surface area contributed by atoms with E-state index in [9.17, 15) is 9.90 Å². The first-order valence-corrected chi connectivity index (χ1v) is 7.09. The van der Waals surface area contributed by atoms with Gasteiger partial charge in [-0.25, -0.2) is 5.43 Å². The lowest BCUT2D eigenvalue weighted by atomic mass is 10.00. The maximum absolute atomic E-state index is 12.8. The van der Waals surface area contributed by atoms with Crippen LogP contribution >= 0.6 is 12.2 Å². The first-order chi connectivity index (χ1) is 9.98. The van der Waals surface area contributed by atoms with Gasteiger partial charge in [-0.1, -0.05) is 12.1 Å². The molecule has 0 saturated carbocycles. The van der Waals surface area contributed by atoms with E-state index in [2.05, 4.69) is 16.2 Å². The summed E-state index contributed by atoms with van der Waals surface area (Å²) in [7, 11) is 0. The molecule has 1 fully saturated rings.